The smallest absolute Gasteiger partial charge is 0.163 e. The van der Waals surface area contributed by atoms with Crippen molar-refractivity contribution in [3.05, 3.63) is 29.7 Å². The molecule has 0 aliphatic rings. The lowest BCUT2D eigenvalue weighted by molar-refractivity contribution is 0.101. The van der Waals surface area contributed by atoms with Crippen LogP contribution in [-0.2, 0) is 0 Å². The van der Waals surface area contributed by atoms with Gasteiger partial charge in [0.2, 0.25) is 0 Å². The van der Waals surface area contributed by atoms with Gasteiger partial charge in [-0.05, 0) is 18.9 Å². The molecule has 1 N–H and O–H groups in total. The molecule has 0 saturated heterocycles. The van der Waals surface area contributed by atoms with Crippen LogP contribution in [0.25, 0.3) is 0 Å². The number of hydrogen-bond donors (Lipinski definition) is 1. The van der Waals surface area contributed by atoms with E-state index in [0.717, 1.165) is 0 Å². The van der Waals surface area contributed by atoms with Crippen molar-refractivity contribution >= 4 is 5.78 Å². The van der Waals surface area contributed by atoms with Gasteiger partial charge in [0.25, 0.3) is 0 Å². The summed E-state index contributed by atoms with van der Waals surface area (Å²) < 4.78 is 49.7. The van der Waals surface area contributed by atoms with Crippen molar-refractivity contribution in [2.24, 2.45) is 0 Å². The molecule has 0 unspecified atom stereocenters. The molecule has 1 aromatic carbocycles. The van der Waals surface area contributed by atoms with Crippen LogP contribution in [0.5, 0.6) is 5.75 Å². The average Bonchev–Trinajstić information content (AvgIpc) is 2.22. The zero-order chi connectivity index (χ0) is 13.5. The Kier molecular flexibility index (Phi) is 0.526. The van der Waals surface area contributed by atoms with E-state index in [9.17, 15) is 9.90 Å². The first-order valence-corrected chi connectivity index (χ1v) is 2.43. The molecular formula is C8H8O2. The summed E-state index contributed by atoms with van der Waals surface area (Å²) >= 11 is 0. The van der Waals surface area contributed by atoms with E-state index >= 15 is 0 Å². The summed E-state index contributed by atoms with van der Waals surface area (Å²) in [6, 6.07) is -3.18. The molecule has 2 heteroatoms. The van der Waals surface area contributed by atoms with Crippen molar-refractivity contribution < 1.29 is 19.5 Å². The van der Waals surface area contributed by atoms with Gasteiger partial charge in [-0.2, -0.15) is 0 Å². The van der Waals surface area contributed by atoms with Gasteiger partial charge in [-0.1, -0.05) is 12.1 Å². The van der Waals surface area contributed by atoms with Gasteiger partial charge >= 0.3 is 0 Å². The molecule has 0 atom stereocenters. The molecule has 0 bridgehead atoms. The summed E-state index contributed by atoms with van der Waals surface area (Å²) in [6.45, 7) is -3.07. The van der Waals surface area contributed by atoms with E-state index in [2.05, 4.69) is 0 Å². The largest absolute Gasteiger partial charge is 0.507 e. The number of para-hydroxylation sites is 1. The molecule has 10 heavy (non-hydrogen) atoms. The number of phenolic OH excluding ortho intramolecular Hbond substituents is 1. The van der Waals surface area contributed by atoms with Crippen LogP contribution in [0.2, 0.25) is 0 Å². The molecule has 0 spiro atoms. The number of rotatable bonds is 1. The first-order valence-electron chi connectivity index (χ1n) is 5.93. The molecule has 0 aliphatic heterocycles. The topological polar surface area (TPSA) is 37.3 Å². The number of hydrogen-bond acceptors (Lipinski definition) is 2. The second-order valence-corrected chi connectivity index (χ2v) is 1.55. The number of carbonyl (C=O) groups excluding carboxylic acids is 1. The van der Waals surface area contributed by atoms with E-state index in [0.29, 0.717) is 0 Å². The fourth-order valence-electron chi connectivity index (χ4n) is 0.470. The SMILES string of the molecule is [2H]c1c([2H])c([2H])c(C(=O)C([2H])([2H])[2H])c(O)c1[2H]. The van der Waals surface area contributed by atoms with Crippen molar-refractivity contribution in [1.29, 1.82) is 0 Å². The zero-order valence-electron chi connectivity index (χ0n) is 11.9. The highest BCUT2D eigenvalue weighted by molar-refractivity contribution is 5.96. The lowest BCUT2D eigenvalue weighted by atomic mass is 10.1. The molecule has 0 saturated carbocycles. The normalized spacial score (nSPS) is 20.6. The molecule has 1 rings (SSSR count). The predicted octanol–water partition coefficient (Wildman–Crippen LogP) is 1.59. The Labute approximate surface area is 69.0 Å². The number of ketones is 1. The Morgan fingerprint density at radius 3 is 3.10 bits per heavy atom. The molecule has 2 nitrogen and oxygen atoms in total. The van der Waals surface area contributed by atoms with Gasteiger partial charge in [-0.25, -0.2) is 0 Å². The van der Waals surface area contributed by atoms with E-state index in [1.165, 1.54) is 0 Å². The third-order valence-corrected chi connectivity index (χ3v) is 0.895. The van der Waals surface area contributed by atoms with E-state index in [1.807, 2.05) is 0 Å². The zero-order valence-corrected chi connectivity index (χ0v) is 4.86. The molecule has 52 valence electrons. The van der Waals surface area contributed by atoms with Crippen LogP contribution in [0.4, 0.5) is 0 Å². The lowest BCUT2D eigenvalue weighted by Crippen LogP contribution is -1.90. The molecule has 0 aliphatic carbocycles. The molecular weight excluding hydrogens is 128 g/mol. The van der Waals surface area contributed by atoms with E-state index in [4.69, 9.17) is 9.60 Å². The highest BCUT2D eigenvalue weighted by Gasteiger charge is 2.02. The number of carbonyl (C=O) groups is 1. The second-order valence-electron chi connectivity index (χ2n) is 1.55. The Morgan fingerprint density at radius 2 is 2.40 bits per heavy atom. The second kappa shape index (κ2) is 2.52. The maximum atomic E-state index is 11.5. The minimum absolute atomic E-state index is 0.727. The molecule has 0 radical (unpaired) electrons. The van der Waals surface area contributed by atoms with Crippen molar-refractivity contribution in [3.63, 3.8) is 0 Å². The molecule has 0 aromatic heterocycles. The fourth-order valence-corrected chi connectivity index (χ4v) is 0.470. The van der Waals surface area contributed by atoms with Gasteiger partial charge in [-0.3, -0.25) is 4.79 Å². The number of benzene rings is 1. The number of Topliss-reactive ketones (excluding diaryl/α,β-unsaturated/α-hetero) is 1. The van der Waals surface area contributed by atoms with Crippen LogP contribution in [0.15, 0.2) is 24.2 Å². The maximum Gasteiger partial charge on any atom is 0.163 e. The van der Waals surface area contributed by atoms with Gasteiger partial charge in [0.05, 0.1) is 11.0 Å². The van der Waals surface area contributed by atoms with Crippen LogP contribution in [0, 0.1) is 0 Å². The number of phenols is 1. The van der Waals surface area contributed by atoms with E-state index in [1.54, 1.807) is 0 Å². The summed E-state index contributed by atoms with van der Waals surface area (Å²) in [6.07, 6.45) is 0. The minimum atomic E-state index is -3.07. The Bertz CT molecular complexity index is 463. The average molecular weight is 143 g/mol. The Hall–Kier alpha value is -1.31. The van der Waals surface area contributed by atoms with Crippen molar-refractivity contribution in [2.75, 3.05) is 0 Å². The summed E-state index contributed by atoms with van der Waals surface area (Å²) in [5.74, 6) is -2.56. The minimum Gasteiger partial charge on any atom is -0.507 e. The third kappa shape index (κ3) is 1.16. The van der Waals surface area contributed by atoms with Crippen molar-refractivity contribution in [2.45, 2.75) is 6.85 Å². The van der Waals surface area contributed by atoms with Crippen LogP contribution in [0.3, 0.4) is 0 Å². The van der Waals surface area contributed by atoms with Crippen LogP contribution in [0.1, 0.15) is 26.8 Å². The van der Waals surface area contributed by atoms with Gasteiger partial charge in [0.1, 0.15) is 5.75 Å². The van der Waals surface area contributed by atoms with Crippen LogP contribution in [-0.4, -0.2) is 10.9 Å². The summed E-state index contributed by atoms with van der Waals surface area (Å²) in [5, 5.41) is 9.44. The van der Waals surface area contributed by atoms with Crippen molar-refractivity contribution in [3.8, 4) is 5.75 Å². The lowest BCUT2D eigenvalue weighted by Gasteiger charge is -1.96. The maximum absolute atomic E-state index is 11.5. The molecule has 1 aromatic rings. The highest BCUT2D eigenvalue weighted by Crippen LogP contribution is 2.15. The molecule has 0 heterocycles. The summed E-state index contributed by atoms with van der Waals surface area (Å²) in [4.78, 5) is 11.5. The summed E-state index contributed by atoms with van der Waals surface area (Å²) in [5.41, 5.74) is -0.906. The molecule has 0 fully saturated rings. The quantitative estimate of drug-likeness (QED) is 0.606. The van der Waals surface area contributed by atoms with Gasteiger partial charge < -0.3 is 5.11 Å². The standard InChI is InChI=1S/C8H8O2/c1-6(9)7-4-2-3-5-8(7)10/h2-5,10H,1H3/i1D3,2D,3D,4D,5D. The summed E-state index contributed by atoms with van der Waals surface area (Å²) in [7, 11) is 0. The fraction of sp³-hybridized carbons (Fsp3) is 0.125. The Balaban J connectivity index is 3.62. The highest BCUT2D eigenvalue weighted by atomic mass is 16.3. The number of aromatic hydroxyl groups is 1. The third-order valence-electron chi connectivity index (χ3n) is 0.895. The van der Waals surface area contributed by atoms with E-state index < -0.39 is 48.1 Å². The van der Waals surface area contributed by atoms with Crippen molar-refractivity contribution in [1.82, 2.24) is 0 Å². The van der Waals surface area contributed by atoms with Crippen LogP contribution >= 0.6 is 0 Å². The van der Waals surface area contributed by atoms with Gasteiger partial charge in [0, 0.05) is 4.11 Å². The van der Waals surface area contributed by atoms with Gasteiger partial charge in [-0.15, -0.1) is 0 Å². The molecule has 0 amide bonds. The predicted molar refractivity (Wildman–Crippen MR) is 38.1 cm³/mol. The monoisotopic (exact) mass is 143 g/mol. The first kappa shape index (κ1) is 2.09. The Morgan fingerprint density at radius 1 is 1.70 bits per heavy atom. The first-order chi connectivity index (χ1) is 7.59. The van der Waals surface area contributed by atoms with E-state index in [-0.39, 0.29) is 0 Å². The van der Waals surface area contributed by atoms with Crippen LogP contribution < -0.4 is 0 Å². The van der Waals surface area contributed by atoms with Gasteiger partial charge in [0.15, 0.2) is 5.78 Å².